The Kier molecular flexibility index (Phi) is 7.67. The Labute approximate surface area is 216 Å². The zero-order valence-electron chi connectivity index (χ0n) is 20.5. The summed E-state index contributed by atoms with van der Waals surface area (Å²) in [6, 6.07) is 29.8. The summed E-state index contributed by atoms with van der Waals surface area (Å²) in [6.07, 6.45) is 8.65. The molecule has 37 heavy (non-hydrogen) atoms. The van der Waals surface area contributed by atoms with Gasteiger partial charge in [-0.1, -0.05) is 48.5 Å². The molecule has 0 bridgehead atoms. The van der Waals surface area contributed by atoms with Crippen molar-refractivity contribution in [2.24, 2.45) is 0 Å². The van der Waals surface area contributed by atoms with Crippen LogP contribution >= 0.6 is 0 Å². The normalized spacial score (nSPS) is 11.1. The van der Waals surface area contributed by atoms with E-state index in [9.17, 15) is 4.79 Å². The van der Waals surface area contributed by atoms with Crippen LogP contribution in [0.25, 0.3) is 23.1 Å². The lowest BCUT2D eigenvalue weighted by atomic mass is 10.1. The van der Waals surface area contributed by atoms with Crippen LogP contribution in [-0.4, -0.2) is 27.6 Å². The number of aryl methyl sites for hydroxylation is 1. The fourth-order valence-corrected chi connectivity index (χ4v) is 4.23. The van der Waals surface area contributed by atoms with Crippen LogP contribution in [0.5, 0.6) is 0 Å². The van der Waals surface area contributed by atoms with E-state index in [0.29, 0.717) is 12.1 Å². The summed E-state index contributed by atoms with van der Waals surface area (Å²) in [6.45, 7) is 0.648. The van der Waals surface area contributed by atoms with Crippen LogP contribution in [0.3, 0.4) is 0 Å². The smallest absolute Gasteiger partial charge is 0.253 e. The van der Waals surface area contributed by atoms with Gasteiger partial charge in [-0.05, 0) is 79.4 Å². The predicted molar refractivity (Wildman–Crippen MR) is 151 cm³/mol. The third-order valence-corrected chi connectivity index (χ3v) is 6.16. The van der Waals surface area contributed by atoms with Crippen molar-refractivity contribution in [2.75, 3.05) is 11.9 Å². The van der Waals surface area contributed by atoms with Crippen molar-refractivity contribution in [3.05, 3.63) is 120 Å². The molecule has 2 aromatic heterocycles. The maximum atomic E-state index is 12.9. The molecular formula is C31H29N5O. The highest BCUT2D eigenvalue weighted by Gasteiger charge is 2.11. The summed E-state index contributed by atoms with van der Waals surface area (Å²) in [5.41, 5.74) is 6.22. The van der Waals surface area contributed by atoms with Crippen LogP contribution in [0.4, 0.5) is 11.4 Å². The van der Waals surface area contributed by atoms with Crippen LogP contribution in [0, 0.1) is 0 Å². The first-order valence-electron chi connectivity index (χ1n) is 12.5. The molecule has 2 heterocycles. The number of anilines is 2. The maximum Gasteiger partial charge on any atom is 0.253 e. The summed E-state index contributed by atoms with van der Waals surface area (Å²) < 4.78 is 0. The number of rotatable bonds is 10. The summed E-state index contributed by atoms with van der Waals surface area (Å²) in [7, 11) is 0. The fraction of sp³-hybridized carbons (Fsp3) is 0.129. The monoisotopic (exact) mass is 487 g/mol. The van der Waals surface area contributed by atoms with E-state index in [4.69, 9.17) is 0 Å². The highest BCUT2D eigenvalue weighted by molar-refractivity contribution is 6.00. The molecule has 0 saturated heterocycles. The molecule has 0 saturated carbocycles. The number of unbranched alkanes of at least 4 members (excludes halogenated alkanes) is 1. The van der Waals surface area contributed by atoms with Gasteiger partial charge in [-0.15, -0.1) is 0 Å². The number of amides is 1. The van der Waals surface area contributed by atoms with Gasteiger partial charge in [0, 0.05) is 23.8 Å². The van der Waals surface area contributed by atoms with E-state index in [-0.39, 0.29) is 5.91 Å². The largest absolute Gasteiger partial charge is 0.355 e. The van der Waals surface area contributed by atoms with E-state index in [1.807, 2.05) is 78.9 Å². The van der Waals surface area contributed by atoms with Gasteiger partial charge in [0.25, 0.3) is 5.91 Å². The van der Waals surface area contributed by atoms with Gasteiger partial charge in [-0.3, -0.25) is 14.9 Å². The number of benzene rings is 3. The van der Waals surface area contributed by atoms with Gasteiger partial charge < -0.3 is 10.6 Å². The lowest BCUT2D eigenvalue weighted by molar-refractivity contribution is 0.0954. The highest BCUT2D eigenvalue weighted by Crippen LogP contribution is 2.26. The lowest BCUT2D eigenvalue weighted by Crippen LogP contribution is -2.25. The van der Waals surface area contributed by atoms with Crippen molar-refractivity contribution in [3.63, 3.8) is 0 Å². The lowest BCUT2D eigenvalue weighted by Gasteiger charge is -2.12. The molecule has 0 fully saturated rings. The number of pyridine rings is 1. The summed E-state index contributed by atoms with van der Waals surface area (Å²) in [5, 5.41) is 15.0. The number of aromatic amines is 1. The van der Waals surface area contributed by atoms with Crippen molar-refractivity contribution < 1.29 is 4.79 Å². The molecule has 184 valence electrons. The number of fused-ring (bicyclic) bond motifs is 1. The Hall–Kier alpha value is -4.71. The van der Waals surface area contributed by atoms with Crippen LogP contribution in [-0.2, 0) is 6.42 Å². The number of carbonyl (C=O) groups is 1. The first-order valence-corrected chi connectivity index (χ1v) is 12.5. The number of H-pyrrole nitrogens is 1. The maximum absolute atomic E-state index is 12.9. The molecule has 0 aliphatic rings. The van der Waals surface area contributed by atoms with E-state index in [1.54, 1.807) is 6.20 Å². The standard InChI is InChI=1S/C31H29N5O/c37-31(33-21-8-6-12-23-10-2-1-3-11-23)27-14-4-5-15-28(27)34-25-16-18-26-29(35-36-30(26)22-25)19-17-24-13-7-9-20-32-24/h1-5,7,9-11,13-20,22,34H,6,8,12,21H2,(H,33,37)(H,35,36)/b19-17+. The fourth-order valence-electron chi connectivity index (χ4n) is 4.23. The number of hydrogen-bond acceptors (Lipinski definition) is 4. The second-order valence-corrected chi connectivity index (χ2v) is 8.83. The Morgan fingerprint density at radius 1 is 0.865 bits per heavy atom. The Bertz CT molecular complexity index is 1490. The topological polar surface area (TPSA) is 82.7 Å². The molecule has 0 spiro atoms. The van der Waals surface area contributed by atoms with Gasteiger partial charge in [0.15, 0.2) is 0 Å². The first-order chi connectivity index (χ1) is 18.3. The minimum absolute atomic E-state index is 0.0765. The van der Waals surface area contributed by atoms with Crippen molar-refractivity contribution in [1.29, 1.82) is 0 Å². The Balaban J connectivity index is 1.21. The number of aromatic nitrogens is 3. The number of nitrogens with one attached hydrogen (secondary N) is 3. The molecule has 3 aromatic carbocycles. The van der Waals surface area contributed by atoms with Crippen LogP contribution in [0.1, 0.15) is 40.2 Å². The first kappa shape index (κ1) is 24.0. The molecule has 0 unspecified atom stereocenters. The molecule has 5 rings (SSSR count). The van der Waals surface area contributed by atoms with Gasteiger partial charge in [-0.2, -0.15) is 5.10 Å². The van der Waals surface area contributed by atoms with Gasteiger partial charge in [0.1, 0.15) is 0 Å². The molecule has 0 aliphatic carbocycles. The van der Waals surface area contributed by atoms with Crippen LogP contribution < -0.4 is 10.6 Å². The molecule has 6 nitrogen and oxygen atoms in total. The average Bonchev–Trinajstić information content (AvgIpc) is 3.35. The molecule has 5 aromatic rings. The van der Waals surface area contributed by atoms with E-state index >= 15 is 0 Å². The average molecular weight is 488 g/mol. The summed E-state index contributed by atoms with van der Waals surface area (Å²) in [4.78, 5) is 17.2. The minimum atomic E-state index is -0.0765. The Morgan fingerprint density at radius 2 is 1.70 bits per heavy atom. The second-order valence-electron chi connectivity index (χ2n) is 8.83. The molecule has 1 amide bonds. The summed E-state index contributed by atoms with van der Waals surface area (Å²) >= 11 is 0. The number of hydrogen-bond donors (Lipinski definition) is 3. The van der Waals surface area contributed by atoms with E-state index in [2.05, 4.69) is 50.1 Å². The third kappa shape index (κ3) is 6.30. The number of carbonyl (C=O) groups excluding carboxylic acids is 1. The molecule has 0 aliphatic heterocycles. The second kappa shape index (κ2) is 11.8. The van der Waals surface area contributed by atoms with Gasteiger partial charge in [0.2, 0.25) is 0 Å². The van der Waals surface area contributed by atoms with Crippen molar-refractivity contribution in [3.8, 4) is 0 Å². The van der Waals surface area contributed by atoms with Gasteiger partial charge in [0.05, 0.1) is 28.2 Å². The minimum Gasteiger partial charge on any atom is -0.355 e. The zero-order valence-corrected chi connectivity index (χ0v) is 20.5. The SMILES string of the molecule is O=C(NCCCCc1ccccc1)c1ccccc1Nc1ccc2c(/C=C/c3ccccn3)n[nH]c2c1. The van der Waals surface area contributed by atoms with Crippen LogP contribution in [0.15, 0.2) is 97.2 Å². The summed E-state index contributed by atoms with van der Waals surface area (Å²) in [5.74, 6) is -0.0765. The van der Waals surface area contributed by atoms with Crippen molar-refractivity contribution in [1.82, 2.24) is 20.5 Å². The van der Waals surface area contributed by atoms with Crippen molar-refractivity contribution >= 4 is 40.3 Å². The third-order valence-electron chi connectivity index (χ3n) is 6.16. The van der Waals surface area contributed by atoms with Gasteiger partial charge in [-0.25, -0.2) is 0 Å². The molecule has 0 atom stereocenters. The molecule has 6 heteroatoms. The van der Waals surface area contributed by atoms with Crippen LogP contribution in [0.2, 0.25) is 0 Å². The predicted octanol–water partition coefficient (Wildman–Crippen LogP) is 6.62. The Morgan fingerprint density at radius 3 is 2.57 bits per heavy atom. The zero-order chi connectivity index (χ0) is 25.3. The number of para-hydroxylation sites is 1. The molecule has 0 radical (unpaired) electrons. The quantitative estimate of drug-likeness (QED) is 0.193. The van der Waals surface area contributed by atoms with E-state index in [1.165, 1.54) is 5.56 Å². The molecule has 3 N–H and O–H groups in total. The number of nitrogens with zero attached hydrogens (tertiary/aromatic N) is 2. The van der Waals surface area contributed by atoms with E-state index in [0.717, 1.165) is 52.9 Å². The van der Waals surface area contributed by atoms with E-state index < -0.39 is 0 Å². The van der Waals surface area contributed by atoms with Crippen molar-refractivity contribution in [2.45, 2.75) is 19.3 Å². The molecular weight excluding hydrogens is 458 g/mol. The van der Waals surface area contributed by atoms with Gasteiger partial charge >= 0.3 is 0 Å². The highest BCUT2D eigenvalue weighted by atomic mass is 16.1.